The lowest BCUT2D eigenvalue weighted by Crippen LogP contribution is -2.40. The molecule has 0 radical (unpaired) electrons. The van der Waals surface area contributed by atoms with Gasteiger partial charge in [0, 0.05) is 30.9 Å². The van der Waals surface area contributed by atoms with Crippen LogP contribution in [-0.4, -0.2) is 33.9 Å². The SMILES string of the molecule is Cc1cnc([C@H]2CCCN(C(=O)Cc3ccc(F)c(F)c3)C2)[nH]1. The Morgan fingerprint density at radius 1 is 1.39 bits per heavy atom. The Morgan fingerprint density at radius 2 is 2.22 bits per heavy atom. The van der Waals surface area contributed by atoms with Crippen LogP contribution in [0.1, 0.15) is 35.8 Å². The molecule has 1 amide bonds. The fraction of sp³-hybridized carbons (Fsp3) is 0.412. The number of imidazole rings is 1. The van der Waals surface area contributed by atoms with Gasteiger partial charge in [-0.2, -0.15) is 0 Å². The molecule has 1 atom stereocenters. The number of piperidine rings is 1. The topological polar surface area (TPSA) is 49.0 Å². The van der Waals surface area contributed by atoms with Gasteiger partial charge in [-0.25, -0.2) is 13.8 Å². The van der Waals surface area contributed by atoms with Crippen molar-refractivity contribution in [3.63, 3.8) is 0 Å². The van der Waals surface area contributed by atoms with Gasteiger partial charge in [-0.3, -0.25) is 4.79 Å². The summed E-state index contributed by atoms with van der Waals surface area (Å²) in [5.74, 6) is -0.770. The minimum atomic E-state index is -0.919. The Morgan fingerprint density at radius 3 is 2.91 bits per heavy atom. The van der Waals surface area contributed by atoms with Crippen molar-refractivity contribution < 1.29 is 13.6 Å². The van der Waals surface area contributed by atoms with E-state index in [0.717, 1.165) is 36.5 Å². The van der Waals surface area contributed by atoms with Crippen LogP contribution in [-0.2, 0) is 11.2 Å². The van der Waals surface area contributed by atoms with E-state index in [4.69, 9.17) is 0 Å². The third kappa shape index (κ3) is 3.57. The first-order valence-electron chi connectivity index (χ1n) is 7.76. The molecule has 1 saturated heterocycles. The van der Waals surface area contributed by atoms with Crippen LogP contribution in [0.15, 0.2) is 24.4 Å². The highest BCUT2D eigenvalue weighted by Gasteiger charge is 2.26. The summed E-state index contributed by atoms with van der Waals surface area (Å²) >= 11 is 0. The van der Waals surface area contributed by atoms with Crippen molar-refractivity contribution in [3.8, 4) is 0 Å². The third-order valence-corrected chi connectivity index (χ3v) is 4.22. The Balaban J connectivity index is 1.65. The van der Waals surface area contributed by atoms with Crippen LogP contribution < -0.4 is 0 Å². The van der Waals surface area contributed by atoms with Crippen LogP contribution in [0, 0.1) is 18.6 Å². The number of halogens is 2. The van der Waals surface area contributed by atoms with Gasteiger partial charge < -0.3 is 9.88 Å². The average Bonchev–Trinajstić information content (AvgIpc) is 2.98. The van der Waals surface area contributed by atoms with E-state index in [0.29, 0.717) is 18.7 Å². The smallest absolute Gasteiger partial charge is 0.227 e. The summed E-state index contributed by atoms with van der Waals surface area (Å²) in [4.78, 5) is 21.8. The third-order valence-electron chi connectivity index (χ3n) is 4.22. The maximum absolute atomic E-state index is 13.2. The highest BCUT2D eigenvalue weighted by Crippen LogP contribution is 2.25. The van der Waals surface area contributed by atoms with Crippen LogP contribution in [0.5, 0.6) is 0 Å². The number of carbonyl (C=O) groups is 1. The lowest BCUT2D eigenvalue weighted by Gasteiger charge is -2.32. The molecule has 0 saturated carbocycles. The van der Waals surface area contributed by atoms with E-state index in [9.17, 15) is 13.6 Å². The van der Waals surface area contributed by atoms with Gasteiger partial charge in [-0.05, 0) is 37.5 Å². The second-order valence-electron chi connectivity index (χ2n) is 6.06. The van der Waals surface area contributed by atoms with Gasteiger partial charge in [0.1, 0.15) is 5.82 Å². The second kappa shape index (κ2) is 6.48. The first-order valence-corrected chi connectivity index (χ1v) is 7.76. The minimum Gasteiger partial charge on any atom is -0.346 e. The van der Waals surface area contributed by atoms with Crippen LogP contribution in [0.4, 0.5) is 8.78 Å². The van der Waals surface area contributed by atoms with Crippen molar-refractivity contribution in [1.29, 1.82) is 0 Å². The van der Waals surface area contributed by atoms with Gasteiger partial charge in [0.15, 0.2) is 11.6 Å². The molecule has 23 heavy (non-hydrogen) atoms. The monoisotopic (exact) mass is 319 g/mol. The number of benzene rings is 1. The van der Waals surface area contributed by atoms with Crippen molar-refractivity contribution in [2.45, 2.75) is 32.1 Å². The van der Waals surface area contributed by atoms with E-state index < -0.39 is 11.6 Å². The highest BCUT2D eigenvalue weighted by atomic mass is 19.2. The summed E-state index contributed by atoms with van der Waals surface area (Å²) < 4.78 is 26.2. The molecule has 2 heterocycles. The predicted octanol–water partition coefficient (Wildman–Crippen LogP) is 2.95. The fourth-order valence-corrected chi connectivity index (χ4v) is 3.00. The molecular weight excluding hydrogens is 300 g/mol. The Hall–Kier alpha value is -2.24. The number of nitrogens with zero attached hydrogens (tertiary/aromatic N) is 2. The van der Waals surface area contributed by atoms with Crippen LogP contribution >= 0.6 is 0 Å². The number of aryl methyl sites for hydroxylation is 1. The minimum absolute atomic E-state index is 0.0658. The number of nitrogens with one attached hydrogen (secondary N) is 1. The quantitative estimate of drug-likeness (QED) is 0.945. The number of H-pyrrole nitrogens is 1. The molecule has 6 heteroatoms. The zero-order valence-electron chi connectivity index (χ0n) is 13.0. The van der Waals surface area contributed by atoms with Gasteiger partial charge >= 0.3 is 0 Å². The average molecular weight is 319 g/mol. The normalized spacial score (nSPS) is 18.2. The summed E-state index contributed by atoms with van der Waals surface area (Å²) in [6, 6.07) is 3.60. The Kier molecular flexibility index (Phi) is 4.41. The molecule has 1 fully saturated rings. The van der Waals surface area contributed by atoms with Gasteiger partial charge in [-0.15, -0.1) is 0 Å². The number of carbonyl (C=O) groups excluding carboxylic acids is 1. The molecule has 3 rings (SSSR count). The molecule has 0 spiro atoms. The number of amides is 1. The number of hydrogen-bond acceptors (Lipinski definition) is 2. The number of rotatable bonds is 3. The summed E-state index contributed by atoms with van der Waals surface area (Å²) in [5.41, 5.74) is 1.50. The molecule has 122 valence electrons. The number of aromatic amines is 1. The van der Waals surface area contributed by atoms with Crippen molar-refractivity contribution in [2.24, 2.45) is 0 Å². The predicted molar refractivity (Wildman–Crippen MR) is 81.9 cm³/mol. The molecule has 0 aliphatic carbocycles. The largest absolute Gasteiger partial charge is 0.346 e. The van der Waals surface area contributed by atoms with E-state index >= 15 is 0 Å². The summed E-state index contributed by atoms with van der Waals surface area (Å²) in [6.07, 6.45) is 3.77. The number of hydrogen-bond donors (Lipinski definition) is 1. The van der Waals surface area contributed by atoms with Crippen LogP contribution in [0.3, 0.4) is 0 Å². The Bertz CT molecular complexity index is 714. The summed E-state index contributed by atoms with van der Waals surface area (Å²) in [7, 11) is 0. The maximum Gasteiger partial charge on any atom is 0.227 e. The second-order valence-corrected chi connectivity index (χ2v) is 6.06. The number of likely N-dealkylation sites (tertiary alicyclic amines) is 1. The molecule has 2 aromatic rings. The lowest BCUT2D eigenvalue weighted by atomic mass is 9.96. The summed E-state index contributed by atoms with van der Waals surface area (Å²) in [6.45, 7) is 3.25. The molecule has 0 bridgehead atoms. The van der Waals surface area contributed by atoms with Gasteiger partial charge in [-0.1, -0.05) is 6.07 Å². The van der Waals surface area contributed by atoms with Crippen molar-refractivity contribution in [2.75, 3.05) is 13.1 Å². The molecule has 1 aromatic carbocycles. The van der Waals surface area contributed by atoms with E-state index in [2.05, 4.69) is 9.97 Å². The van der Waals surface area contributed by atoms with E-state index in [1.165, 1.54) is 6.07 Å². The van der Waals surface area contributed by atoms with Gasteiger partial charge in [0.05, 0.1) is 6.42 Å². The standard InChI is InChI=1S/C17H19F2N3O/c1-11-9-20-17(21-11)13-3-2-6-22(10-13)16(23)8-12-4-5-14(18)15(19)7-12/h4-5,7,9,13H,2-3,6,8,10H2,1H3,(H,20,21)/t13-/m0/s1. The zero-order chi connectivity index (χ0) is 16.4. The van der Waals surface area contributed by atoms with Gasteiger partial charge in [0.25, 0.3) is 0 Å². The molecule has 1 aromatic heterocycles. The first kappa shape index (κ1) is 15.6. The van der Waals surface area contributed by atoms with Crippen molar-refractivity contribution >= 4 is 5.91 Å². The zero-order valence-corrected chi connectivity index (χ0v) is 13.0. The number of aromatic nitrogens is 2. The molecule has 1 aliphatic heterocycles. The molecule has 1 aliphatic rings. The first-order chi connectivity index (χ1) is 11.0. The van der Waals surface area contributed by atoms with Crippen molar-refractivity contribution in [3.05, 3.63) is 53.1 Å². The van der Waals surface area contributed by atoms with Crippen LogP contribution in [0.25, 0.3) is 0 Å². The molecule has 4 nitrogen and oxygen atoms in total. The van der Waals surface area contributed by atoms with E-state index in [-0.39, 0.29) is 18.2 Å². The van der Waals surface area contributed by atoms with Crippen molar-refractivity contribution in [1.82, 2.24) is 14.9 Å². The summed E-state index contributed by atoms with van der Waals surface area (Å²) in [5, 5.41) is 0. The molecular formula is C17H19F2N3O. The highest BCUT2D eigenvalue weighted by molar-refractivity contribution is 5.79. The Labute approximate surface area is 133 Å². The maximum atomic E-state index is 13.2. The fourth-order valence-electron chi connectivity index (χ4n) is 3.00. The lowest BCUT2D eigenvalue weighted by molar-refractivity contribution is -0.131. The molecule has 1 N–H and O–H groups in total. The van der Waals surface area contributed by atoms with Crippen LogP contribution in [0.2, 0.25) is 0 Å². The van der Waals surface area contributed by atoms with E-state index in [1.54, 1.807) is 11.1 Å². The van der Waals surface area contributed by atoms with Gasteiger partial charge in [0.2, 0.25) is 5.91 Å². The molecule has 0 unspecified atom stereocenters. The van der Waals surface area contributed by atoms with E-state index in [1.807, 2.05) is 6.92 Å².